The molecular weight excluding hydrogens is 494 g/mol. The highest BCUT2D eigenvalue weighted by atomic mass is 16.3. The quantitative estimate of drug-likeness (QED) is 0.0580. The van der Waals surface area contributed by atoms with Crippen LogP contribution in [0.3, 0.4) is 0 Å². The maximum Gasteiger partial charge on any atom is 0.220 e. The summed E-state index contributed by atoms with van der Waals surface area (Å²) >= 11 is 0. The van der Waals surface area contributed by atoms with Gasteiger partial charge in [-0.15, -0.1) is 0 Å². The molecule has 2 atom stereocenters. The average Bonchev–Trinajstić information content (AvgIpc) is 2.96. The van der Waals surface area contributed by atoms with Crippen molar-refractivity contribution in [3.05, 3.63) is 24.3 Å². The molecule has 0 aromatic carbocycles. The summed E-state index contributed by atoms with van der Waals surface area (Å²) in [4.78, 5) is 12.2. The van der Waals surface area contributed by atoms with Gasteiger partial charge < -0.3 is 15.5 Å². The number of carbonyl (C=O) groups excluding carboxylic acids is 1. The third-order valence-corrected chi connectivity index (χ3v) is 7.94. The Bertz CT molecular complexity index is 574. The van der Waals surface area contributed by atoms with Crippen LogP contribution in [0.4, 0.5) is 0 Å². The zero-order valence-corrected chi connectivity index (χ0v) is 26.9. The van der Waals surface area contributed by atoms with Gasteiger partial charge in [-0.2, -0.15) is 0 Å². The second-order valence-electron chi connectivity index (χ2n) is 11.9. The summed E-state index contributed by atoms with van der Waals surface area (Å²) in [5.74, 6) is -0.0761. The number of nitrogens with one attached hydrogen (secondary N) is 1. The Morgan fingerprint density at radius 2 is 0.975 bits per heavy atom. The first kappa shape index (κ1) is 38.9. The molecule has 0 fully saturated rings. The molecule has 40 heavy (non-hydrogen) atoms. The number of amides is 1. The van der Waals surface area contributed by atoms with E-state index in [-0.39, 0.29) is 12.5 Å². The van der Waals surface area contributed by atoms with Crippen LogP contribution in [0.5, 0.6) is 0 Å². The third kappa shape index (κ3) is 28.4. The Morgan fingerprint density at radius 3 is 1.43 bits per heavy atom. The van der Waals surface area contributed by atoms with Crippen LogP contribution in [0.1, 0.15) is 181 Å². The Balaban J connectivity index is 3.52. The number of allylic oxidation sites excluding steroid dienone is 3. The number of hydrogen-bond acceptors (Lipinski definition) is 3. The number of aliphatic hydroxyl groups excluding tert-OH is 2. The number of aliphatic hydroxyl groups is 2. The van der Waals surface area contributed by atoms with Crippen molar-refractivity contribution in [2.75, 3.05) is 6.61 Å². The predicted molar refractivity (Wildman–Crippen MR) is 175 cm³/mol. The van der Waals surface area contributed by atoms with Gasteiger partial charge in [-0.1, -0.05) is 173 Å². The van der Waals surface area contributed by atoms with Crippen molar-refractivity contribution in [1.82, 2.24) is 5.32 Å². The van der Waals surface area contributed by atoms with Gasteiger partial charge in [0, 0.05) is 6.42 Å². The van der Waals surface area contributed by atoms with Gasteiger partial charge in [0.05, 0.1) is 18.8 Å². The number of carbonyl (C=O) groups is 1. The first-order chi connectivity index (χ1) is 19.7. The second kappa shape index (κ2) is 32.4. The Morgan fingerprint density at radius 1 is 0.575 bits per heavy atom. The molecule has 0 aliphatic rings. The molecule has 236 valence electrons. The molecule has 0 spiro atoms. The van der Waals surface area contributed by atoms with E-state index >= 15 is 0 Å². The molecule has 4 nitrogen and oxygen atoms in total. The van der Waals surface area contributed by atoms with Crippen LogP contribution in [0, 0.1) is 0 Å². The van der Waals surface area contributed by atoms with Gasteiger partial charge in [-0.05, 0) is 25.7 Å². The van der Waals surface area contributed by atoms with Gasteiger partial charge in [0.1, 0.15) is 0 Å². The minimum atomic E-state index is -0.854. The van der Waals surface area contributed by atoms with E-state index in [2.05, 4.69) is 31.3 Å². The van der Waals surface area contributed by atoms with E-state index in [9.17, 15) is 15.0 Å². The van der Waals surface area contributed by atoms with Gasteiger partial charge in [0.2, 0.25) is 5.91 Å². The largest absolute Gasteiger partial charge is 0.394 e. The van der Waals surface area contributed by atoms with E-state index in [0.29, 0.717) is 6.42 Å². The lowest BCUT2D eigenvalue weighted by atomic mass is 10.0. The molecule has 0 aromatic heterocycles. The first-order valence-corrected chi connectivity index (χ1v) is 17.6. The van der Waals surface area contributed by atoms with Crippen LogP contribution in [0.15, 0.2) is 24.3 Å². The van der Waals surface area contributed by atoms with Crippen LogP contribution in [0.25, 0.3) is 0 Å². The molecule has 0 aliphatic carbocycles. The van der Waals surface area contributed by atoms with E-state index in [1.165, 1.54) is 128 Å². The van der Waals surface area contributed by atoms with Crippen LogP contribution in [-0.2, 0) is 4.79 Å². The molecule has 4 heteroatoms. The summed E-state index contributed by atoms with van der Waals surface area (Å²) in [6, 6.07) is -0.631. The zero-order valence-electron chi connectivity index (χ0n) is 26.9. The summed E-state index contributed by atoms with van der Waals surface area (Å²) < 4.78 is 0. The molecule has 0 bridgehead atoms. The maximum absolute atomic E-state index is 12.2. The fourth-order valence-corrected chi connectivity index (χ4v) is 5.18. The summed E-state index contributed by atoms with van der Waals surface area (Å²) in [6.45, 7) is 4.22. The first-order valence-electron chi connectivity index (χ1n) is 17.6. The second-order valence-corrected chi connectivity index (χ2v) is 11.9. The predicted octanol–water partition coefficient (Wildman–Crippen LogP) is 10.1. The fraction of sp³-hybridized carbons (Fsp3) is 0.861. The molecule has 0 heterocycles. The number of hydrogen-bond donors (Lipinski definition) is 3. The van der Waals surface area contributed by atoms with E-state index in [1.54, 1.807) is 6.08 Å². The SMILES string of the molecule is CCCC/C=C/CC/C=C/C(O)C(CO)NC(=O)CCCCCCCCCCCCCCCCCCCCCC. The highest BCUT2D eigenvalue weighted by Crippen LogP contribution is 2.15. The maximum atomic E-state index is 12.2. The Kier molecular flexibility index (Phi) is 31.5. The van der Waals surface area contributed by atoms with Crippen LogP contribution in [0.2, 0.25) is 0 Å². The van der Waals surface area contributed by atoms with Gasteiger partial charge in [0.15, 0.2) is 0 Å². The fourth-order valence-electron chi connectivity index (χ4n) is 5.18. The third-order valence-electron chi connectivity index (χ3n) is 7.94. The lowest BCUT2D eigenvalue weighted by Gasteiger charge is -2.19. The number of rotatable bonds is 31. The van der Waals surface area contributed by atoms with E-state index in [1.807, 2.05) is 6.08 Å². The molecule has 3 N–H and O–H groups in total. The van der Waals surface area contributed by atoms with E-state index in [0.717, 1.165) is 32.1 Å². The van der Waals surface area contributed by atoms with Crippen LogP contribution >= 0.6 is 0 Å². The highest BCUT2D eigenvalue weighted by Gasteiger charge is 2.17. The molecular formula is C36H69NO3. The molecule has 0 aromatic rings. The number of unbranched alkanes of at least 4 members (excludes halogenated alkanes) is 22. The molecule has 0 saturated heterocycles. The monoisotopic (exact) mass is 564 g/mol. The Hall–Kier alpha value is -1.13. The average molecular weight is 564 g/mol. The minimum Gasteiger partial charge on any atom is -0.394 e. The summed E-state index contributed by atoms with van der Waals surface area (Å²) in [7, 11) is 0. The van der Waals surface area contributed by atoms with Crippen molar-refractivity contribution in [2.45, 2.75) is 193 Å². The molecule has 0 saturated carbocycles. The van der Waals surface area contributed by atoms with Crippen LogP contribution < -0.4 is 5.32 Å². The van der Waals surface area contributed by atoms with Gasteiger partial charge in [0.25, 0.3) is 0 Å². The standard InChI is InChI=1S/C36H69NO3/c1-3-5-7-9-11-13-14-15-16-17-18-19-20-21-22-23-24-26-28-30-32-36(40)37-34(33-38)35(39)31-29-27-25-12-10-8-6-4-2/h10,12,29,31,34-35,38-39H,3-9,11,13-28,30,32-33H2,1-2H3,(H,37,40)/b12-10+,31-29+. The molecule has 0 rings (SSSR count). The van der Waals surface area contributed by atoms with Crippen molar-refractivity contribution in [3.63, 3.8) is 0 Å². The summed E-state index contributed by atoms with van der Waals surface area (Å²) in [6.07, 6.45) is 39.9. The van der Waals surface area contributed by atoms with E-state index < -0.39 is 12.1 Å². The summed E-state index contributed by atoms with van der Waals surface area (Å²) in [5.41, 5.74) is 0. The van der Waals surface area contributed by atoms with E-state index in [4.69, 9.17) is 0 Å². The summed E-state index contributed by atoms with van der Waals surface area (Å²) in [5, 5.41) is 22.7. The lowest BCUT2D eigenvalue weighted by Crippen LogP contribution is -2.45. The topological polar surface area (TPSA) is 69.6 Å². The van der Waals surface area contributed by atoms with Crippen molar-refractivity contribution < 1.29 is 15.0 Å². The molecule has 2 unspecified atom stereocenters. The molecule has 0 radical (unpaired) electrons. The molecule has 0 aliphatic heterocycles. The van der Waals surface area contributed by atoms with Gasteiger partial charge in [-0.25, -0.2) is 0 Å². The van der Waals surface area contributed by atoms with Gasteiger partial charge in [-0.3, -0.25) is 4.79 Å². The normalized spacial score (nSPS) is 13.4. The minimum absolute atomic E-state index is 0.0761. The highest BCUT2D eigenvalue weighted by molar-refractivity contribution is 5.76. The zero-order chi connectivity index (χ0) is 29.4. The van der Waals surface area contributed by atoms with Crippen molar-refractivity contribution in [1.29, 1.82) is 0 Å². The lowest BCUT2D eigenvalue weighted by molar-refractivity contribution is -0.123. The van der Waals surface area contributed by atoms with Crippen molar-refractivity contribution in [2.24, 2.45) is 0 Å². The van der Waals surface area contributed by atoms with Crippen molar-refractivity contribution >= 4 is 5.91 Å². The Labute approximate surface area is 249 Å². The molecule has 1 amide bonds. The van der Waals surface area contributed by atoms with Crippen LogP contribution in [-0.4, -0.2) is 34.9 Å². The van der Waals surface area contributed by atoms with Crippen molar-refractivity contribution in [3.8, 4) is 0 Å². The smallest absolute Gasteiger partial charge is 0.220 e. The van der Waals surface area contributed by atoms with Gasteiger partial charge >= 0.3 is 0 Å².